The van der Waals surface area contributed by atoms with Crippen LogP contribution >= 0.6 is 11.8 Å². The molecule has 0 spiro atoms. The molecule has 1 heterocycles. The summed E-state index contributed by atoms with van der Waals surface area (Å²) in [5, 5.41) is -0.510. The normalized spacial score (nSPS) is 26.7. The van der Waals surface area contributed by atoms with Crippen LogP contribution in [0.4, 0.5) is 0 Å². The molecule has 0 aromatic rings. The maximum absolute atomic E-state index is 12.6. The average Bonchev–Trinajstić information content (AvgIpc) is 2.55. The molecule has 0 aliphatic carbocycles. The van der Waals surface area contributed by atoms with E-state index in [1.54, 1.807) is 0 Å². The van der Waals surface area contributed by atoms with Gasteiger partial charge in [0.1, 0.15) is 0 Å². The molecule has 1 rings (SSSR count). The van der Waals surface area contributed by atoms with Gasteiger partial charge in [-0.15, -0.1) is 0 Å². The van der Waals surface area contributed by atoms with Crippen LogP contribution in [0.2, 0.25) is 0 Å². The number of carbonyl (C=O) groups is 5. The van der Waals surface area contributed by atoms with Gasteiger partial charge in [-0.05, 0) is 6.42 Å². The van der Waals surface area contributed by atoms with Crippen LogP contribution < -0.4 is 0 Å². The van der Waals surface area contributed by atoms with E-state index in [0.29, 0.717) is 12.2 Å². The Morgan fingerprint density at radius 3 is 1.68 bits per heavy atom. The minimum atomic E-state index is -1.53. The molecule has 0 amide bonds. The summed E-state index contributed by atoms with van der Waals surface area (Å²) in [7, 11) is 0. The summed E-state index contributed by atoms with van der Waals surface area (Å²) in [6.45, 7) is 6.24. The Labute approximate surface area is 166 Å². The van der Waals surface area contributed by atoms with Gasteiger partial charge in [-0.2, -0.15) is 0 Å². The Balaban J connectivity index is 3.36. The molecule has 11 heteroatoms. The Morgan fingerprint density at radius 2 is 1.21 bits per heavy atom. The van der Waals surface area contributed by atoms with Gasteiger partial charge in [-0.3, -0.25) is 24.0 Å². The summed E-state index contributed by atoms with van der Waals surface area (Å²) in [6.07, 6.45) is -6.49. The van der Waals surface area contributed by atoms with E-state index in [4.69, 9.17) is 23.7 Å². The zero-order valence-corrected chi connectivity index (χ0v) is 17.1. The van der Waals surface area contributed by atoms with Crippen molar-refractivity contribution in [3.63, 3.8) is 0 Å². The van der Waals surface area contributed by atoms with Gasteiger partial charge in [-0.25, -0.2) is 0 Å². The molecular formula is C17H24O10S. The average molecular weight is 420 g/mol. The third-order valence-corrected chi connectivity index (χ3v) is 4.49. The second-order valence-corrected chi connectivity index (χ2v) is 7.02. The maximum Gasteiger partial charge on any atom is 0.305 e. The summed E-state index contributed by atoms with van der Waals surface area (Å²) in [4.78, 5) is 58.8. The van der Waals surface area contributed by atoms with E-state index in [0.717, 1.165) is 39.5 Å². The van der Waals surface area contributed by atoms with Gasteiger partial charge >= 0.3 is 23.9 Å². The quantitative estimate of drug-likeness (QED) is 0.427. The molecule has 158 valence electrons. The van der Waals surface area contributed by atoms with Gasteiger partial charge in [0.2, 0.25) is 17.5 Å². The van der Waals surface area contributed by atoms with Crippen molar-refractivity contribution < 1.29 is 47.7 Å². The Bertz CT molecular complexity index is 619. The van der Waals surface area contributed by atoms with Crippen molar-refractivity contribution in [2.24, 2.45) is 0 Å². The first-order valence-corrected chi connectivity index (χ1v) is 9.56. The van der Waals surface area contributed by atoms with E-state index in [1.165, 1.54) is 0 Å². The van der Waals surface area contributed by atoms with Crippen molar-refractivity contribution in [1.82, 2.24) is 0 Å². The van der Waals surface area contributed by atoms with E-state index in [1.807, 2.05) is 6.92 Å². The van der Waals surface area contributed by atoms with E-state index in [-0.39, 0.29) is 0 Å². The molecule has 1 fully saturated rings. The molecular weight excluding hydrogens is 396 g/mol. The molecule has 0 saturated carbocycles. The lowest BCUT2D eigenvalue weighted by molar-refractivity contribution is -0.288. The highest BCUT2D eigenvalue weighted by molar-refractivity contribution is 8.13. The molecule has 0 aromatic heterocycles. The predicted octanol–water partition coefficient (Wildman–Crippen LogP) is 0.739. The molecule has 0 N–H and O–H groups in total. The summed E-state index contributed by atoms with van der Waals surface area (Å²) >= 11 is 0.927. The third-order valence-electron chi connectivity index (χ3n) is 3.36. The van der Waals surface area contributed by atoms with Crippen LogP contribution in [0.3, 0.4) is 0 Å². The van der Waals surface area contributed by atoms with E-state index >= 15 is 0 Å². The van der Waals surface area contributed by atoms with E-state index < -0.39 is 59.7 Å². The van der Waals surface area contributed by atoms with Gasteiger partial charge in [0.15, 0.2) is 18.3 Å². The SMILES string of the molecule is CCCSC(=O)[C@H]1O[C@@H](OC(C)=O)[C@H](OC(C)=O)[C@@H](OC(C)=O)[C@@H]1OC(C)=O. The van der Waals surface area contributed by atoms with Gasteiger partial charge < -0.3 is 23.7 Å². The fraction of sp³-hybridized carbons (Fsp3) is 0.706. The molecule has 1 aliphatic rings. The fourth-order valence-electron chi connectivity index (χ4n) is 2.51. The predicted molar refractivity (Wildman–Crippen MR) is 94.8 cm³/mol. The summed E-state index contributed by atoms with van der Waals surface area (Å²) in [5.41, 5.74) is 0. The minimum absolute atomic E-state index is 0.468. The van der Waals surface area contributed by atoms with Gasteiger partial charge in [0.05, 0.1) is 0 Å². The van der Waals surface area contributed by atoms with Crippen molar-refractivity contribution in [3.8, 4) is 0 Å². The zero-order valence-electron chi connectivity index (χ0n) is 16.3. The number of carbonyl (C=O) groups excluding carboxylic acids is 5. The minimum Gasteiger partial charge on any atom is -0.455 e. The van der Waals surface area contributed by atoms with Crippen molar-refractivity contribution >= 4 is 40.8 Å². The lowest BCUT2D eigenvalue weighted by Gasteiger charge is -2.43. The van der Waals surface area contributed by atoms with Gasteiger partial charge in [0, 0.05) is 33.4 Å². The summed E-state index contributed by atoms with van der Waals surface area (Å²) in [5.74, 6) is -2.64. The Morgan fingerprint density at radius 1 is 0.750 bits per heavy atom. The fourth-order valence-corrected chi connectivity index (χ4v) is 3.27. The Hall–Kier alpha value is -2.14. The van der Waals surface area contributed by atoms with E-state index in [2.05, 4.69) is 0 Å². The van der Waals surface area contributed by atoms with Crippen LogP contribution in [0.5, 0.6) is 0 Å². The number of ether oxygens (including phenoxy) is 5. The molecule has 0 unspecified atom stereocenters. The number of hydrogen-bond donors (Lipinski definition) is 0. The van der Waals surface area contributed by atoms with Crippen LogP contribution in [0.25, 0.3) is 0 Å². The molecule has 28 heavy (non-hydrogen) atoms. The van der Waals surface area contributed by atoms with E-state index in [9.17, 15) is 24.0 Å². The Kier molecular flexibility index (Phi) is 9.39. The van der Waals surface area contributed by atoms with Crippen molar-refractivity contribution in [2.75, 3.05) is 5.75 Å². The van der Waals surface area contributed by atoms with Crippen LogP contribution in [-0.2, 0) is 47.7 Å². The molecule has 0 radical (unpaired) electrons. The van der Waals surface area contributed by atoms with Crippen molar-refractivity contribution in [1.29, 1.82) is 0 Å². The first kappa shape index (κ1) is 23.9. The van der Waals surface area contributed by atoms with Crippen molar-refractivity contribution in [3.05, 3.63) is 0 Å². The highest BCUT2D eigenvalue weighted by Gasteiger charge is 2.55. The number of rotatable bonds is 7. The molecule has 5 atom stereocenters. The highest BCUT2D eigenvalue weighted by Crippen LogP contribution is 2.32. The molecule has 0 bridgehead atoms. The summed E-state index contributed by atoms with van der Waals surface area (Å²) < 4.78 is 26.0. The van der Waals surface area contributed by atoms with Gasteiger partial charge in [0.25, 0.3) is 0 Å². The molecule has 1 saturated heterocycles. The zero-order chi connectivity index (χ0) is 21.4. The standard InChI is InChI=1S/C17H24O10S/c1-6-7-28-16(22)14-12(23-8(2)18)13(24-9(3)19)15(25-10(4)20)17(27-14)26-11(5)21/h12-15,17H,6-7H2,1-5H3/t12-,13-,14-,15+,17+/m0/s1. The monoisotopic (exact) mass is 420 g/mol. The van der Waals surface area contributed by atoms with Gasteiger partial charge in [-0.1, -0.05) is 18.7 Å². The first-order chi connectivity index (χ1) is 13.1. The largest absolute Gasteiger partial charge is 0.455 e. The van der Waals surface area contributed by atoms with Crippen LogP contribution in [0.15, 0.2) is 0 Å². The lowest BCUT2D eigenvalue weighted by Crippen LogP contribution is -2.63. The third kappa shape index (κ3) is 7.12. The second kappa shape index (κ2) is 11.0. The smallest absolute Gasteiger partial charge is 0.305 e. The molecule has 0 aromatic carbocycles. The number of esters is 4. The second-order valence-electron chi connectivity index (χ2n) is 5.92. The number of hydrogen-bond acceptors (Lipinski definition) is 11. The first-order valence-electron chi connectivity index (χ1n) is 8.57. The topological polar surface area (TPSA) is 132 Å². The maximum atomic E-state index is 12.6. The summed E-state index contributed by atoms with van der Waals surface area (Å²) in [6, 6.07) is 0. The van der Waals surface area contributed by atoms with Crippen LogP contribution in [0.1, 0.15) is 41.0 Å². The highest BCUT2D eigenvalue weighted by atomic mass is 32.2. The van der Waals surface area contributed by atoms with Crippen LogP contribution in [-0.4, -0.2) is 65.5 Å². The molecule has 10 nitrogen and oxygen atoms in total. The molecule has 1 aliphatic heterocycles. The lowest BCUT2D eigenvalue weighted by atomic mass is 9.98. The van der Waals surface area contributed by atoms with Crippen molar-refractivity contribution in [2.45, 2.75) is 71.7 Å². The number of thioether (sulfide) groups is 1. The van der Waals surface area contributed by atoms with Crippen LogP contribution in [0, 0.1) is 0 Å².